The molecule has 0 saturated carbocycles. The van der Waals surface area contributed by atoms with E-state index in [1.54, 1.807) is 0 Å². The molecule has 1 aromatic carbocycles. The molecule has 1 aliphatic heterocycles. The smallest absolute Gasteiger partial charge is 0.246 e. The van der Waals surface area contributed by atoms with Gasteiger partial charge in [0.25, 0.3) is 0 Å². The minimum absolute atomic E-state index is 0.0322. The zero-order chi connectivity index (χ0) is 16.5. The van der Waals surface area contributed by atoms with Crippen LogP contribution in [0.25, 0.3) is 10.9 Å². The average molecular weight is 342 g/mol. The number of nitrogens with one attached hydrogen (secondary N) is 1. The minimum atomic E-state index is -0.108. The van der Waals surface area contributed by atoms with Crippen molar-refractivity contribution in [2.45, 2.75) is 32.4 Å². The van der Waals surface area contributed by atoms with Crippen LogP contribution in [0.1, 0.15) is 29.5 Å². The quantitative estimate of drug-likeness (QED) is 0.790. The van der Waals surface area contributed by atoms with Gasteiger partial charge in [0, 0.05) is 18.3 Å². The van der Waals surface area contributed by atoms with Crippen LogP contribution in [0.2, 0.25) is 0 Å². The lowest BCUT2D eigenvalue weighted by Crippen LogP contribution is -2.18. The highest BCUT2D eigenvalue weighted by atomic mass is 32.1. The number of amides is 1. The lowest BCUT2D eigenvalue weighted by Gasteiger charge is -2.05. The number of carbonyl (C=O) groups excluding carboxylic acids is 1. The SMILES string of the molecule is Cc1ccc2c(ccn2CC(=O)Nc2nnc(C3CCCO3)s2)c1. The summed E-state index contributed by atoms with van der Waals surface area (Å²) in [5.74, 6) is -0.108. The summed E-state index contributed by atoms with van der Waals surface area (Å²) in [4.78, 5) is 12.3. The van der Waals surface area contributed by atoms with Crippen LogP contribution in [0, 0.1) is 6.92 Å². The maximum atomic E-state index is 12.3. The molecule has 1 saturated heterocycles. The van der Waals surface area contributed by atoms with Gasteiger partial charge in [0.15, 0.2) is 0 Å². The van der Waals surface area contributed by atoms with Crippen molar-refractivity contribution in [2.75, 3.05) is 11.9 Å². The molecule has 24 heavy (non-hydrogen) atoms. The van der Waals surface area contributed by atoms with Crippen LogP contribution in [-0.2, 0) is 16.1 Å². The van der Waals surface area contributed by atoms with Crippen LogP contribution in [0.15, 0.2) is 30.5 Å². The largest absolute Gasteiger partial charge is 0.371 e. The predicted octanol–water partition coefficient (Wildman–Crippen LogP) is 3.29. The van der Waals surface area contributed by atoms with E-state index in [4.69, 9.17) is 4.74 Å². The Morgan fingerprint density at radius 1 is 1.42 bits per heavy atom. The van der Waals surface area contributed by atoms with Crippen molar-refractivity contribution in [1.82, 2.24) is 14.8 Å². The van der Waals surface area contributed by atoms with E-state index < -0.39 is 0 Å². The third kappa shape index (κ3) is 3.05. The first kappa shape index (κ1) is 15.3. The molecule has 3 aromatic rings. The molecule has 1 unspecified atom stereocenters. The Hall–Kier alpha value is -2.25. The fraction of sp³-hybridized carbons (Fsp3) is 0.353. The Labute approximate surface area is 143 Å². The van der Waals surface area contributed by atoms with E-state index in [1.807, 2.05) is 22.9 Å². The lowest BCUT2D eigenvalue weighted by molar-refractivity contribution is -0.116. The summed E-state index contributed by atoms with van der Waals surface area (Å²) in [5, 5.41) is 13.5. The number of aromatic nitrogens is 3. The number of hydrogen-bond donors (Lipinski definition) is 1. The summed E-state index contributed by atoms with van der Waals surface area (Å²) in [6.45, 7) is 3.08. The third-order valence-electron chi connectivity index (χ3n) is 4.13. The van der Waals surface area contributed by atoms with E-state index in [0.29, 0.717) is 5.13 Å². The van der Waals surface area contributed by atoms with Crippen LogP contribution in [0.5, 0.6) is 0 Å². The molecule has 0 spiro atoms. The highest BCUT2D eigenvalue weighted by molar-refractivity contribution is 7.15. The maximum Gasteiger partial charge on any atom is 0.246 e. The van der Waals surface area contributed by atoms with Crippen LogP contribution >= 0.6 is 11.3 Å². The normalized spacial score (nSPS) is 17.5. The molecular weight excluding hydrogens is 324 g/mol. The lowest BCUT2D eigenvalue weighted by atomic mass is 10.2. The van der Waals surface area contributed by atoms with Crippen LogP contribution in [0.4, 0.5) is 5.13 Å². The Morgan fingerprint density at radius 3 is 3.17 bits per heavy atom. The van der Waals surface area contributed by atoms with Crippen LogP contribution in [-0.4, -0.2) is 27.3 Å². The van der Waals surface area contributed by atoms with Crippen molar-refractivity contribution in [2.24, 2.45) is 0 Å². The molecule has 0 radical (unpaired) electrons. The van der Waals surface area contributed by atoms with Gasteiger partial charge in [0.2, 0.25) is 11.0 Å². The summed E-state index contributed by atoms with van der Waals surface area (Å²) in [5.41, 5.74) is 2.26. The number of fused-ring (bicyclic) bond motifs is 1. The predicted molar refractivity (Wildman–Crippen MR) is 93.1 cm³/mol. The molecule has 6 nitrogen and oxygen atoms in total. The van der Waals surface area contributed by atoms with Gasteiger partial charge in [-0.25, -0.2) is 0 Å². The van der Waals surface area contributed by atoms with Crippen molar-refractivity contribution in [1.29, 1.82) is 0 Å². The molecule has 0 aliphatic carbocycles. The van der Waals surface area contributed by atoms with Gasteiger partial charge in [-0.2, -0.15) is 0 Å². The highest BCUT2D eigenvalue weighted by Gasteiger charge is 2.22. The molecule has 2 aromatic heterocycles. The number of nitrogens with zero attached hydrogens (tertiary/aromatic N) is 3. The molecular formula is C17H18N4O2S. The van der Waals surface area contributed by atoms with Gasteiger partial charge in [-0.15, -0.1) is 10.2 Å². The topological polar surface area (TPSA) is 69.0 Å². The zero-order valence-electron chi connectivity index (χ0n) is 13.4. The summed E-state index contributed by atoms with van der Waals surface area (Å²) < 4.78 is 7.53. The van der Waals surface area contributed by atoms with E-state index in [2.05, 4.69) is 34.6 Å². The number of ether oxygens (including phenoxy) is 1. The van der Waals surface area contributed by atoms with Gasteiger partial charge in [0.05, 0.1) is 0 Å². The van der Waals surface area contributed by atoms with Gasteiger partial charge in [0.1, 0.15) is 17.7 Å². The first-order valence-corrected chi connectivity index (χ1v) is 8.81. The number of anilines is 1. The molecule has 1 fully saturated rings. The molecule has 1 atom stereocenters. The summed E-state index contributed by atoms with van der Waals surface area (Å²) in [6, 6.07) is 8.23. The molecule has 3 heterocycles. The third-order valence-corrected chi connectivity index (χ3v) is 5.06. The van der Waals surface area contributed by atoms with Crippen molar-refractivity contribution >= 4 is 33.3 Å². The average Bonchev–Trinajstić information content (AvgIpc) is 3.27. The fourth-order valence-electron chi connectivity index (χ4n) is 2.96. The van der Waals surface area contributed by atoms with Crippen LogP contribution in [0.3, 0.4) is 0 Å². The molecule has 1 N–H and O–H groups in total. The molecule has 1 amide bonds. The van der Waals surface area contributed by atoms with Crippen molar-refractivity contribution in [3.05, 3.63) is 41.0 Å². The standard InChI is InChI=1S/C17H18N4O2S/c1-11-4-5-13-12(9-11)6-7-21(13)10-15(22)18-17-20-19-16(24-17)14-3-2-8-23-14/h4-7,9,14H,2-3,8,10H2,1H3,(H,18,20,22). The fourth-order valence-corrected chi connectivity index (χ4v) is 3.80. The maximum absolute atomic E-state index is 12.3. The Kier molecular flexibility index (Phi) is 4.03. The van der Waals surface area contributed by atoms with Gasteiger partial charge >= 0.3 is 0 Å². The second kappa shape index (κ2) is 6.33. The molecule has 4 rings (SSSR count). The number of rotatable bonds is 4. The first-order valence-electron chi connectivity index (χ1n) is 7.99. The zero-order valence-corrected chi connectivity index (χ0v) is 14.2. The van der Waals surface area contributed by atoms with Crippen LogP contribution < -0.4 is 5.32 Å². The number of aryl methyl sites for hydroxylation is 1. The Bertz CT molecular complexity index is 880. The van der Waals surface area contributed by atoms with Crippen molar-refractivity contribution < 1.29 is 9.53 Å². The minimum Gasteiger partial charge on any atom is -0.371 e. The van der Waals surface area contributed by atoms with E-state index in [0.717, 1.165) is 35.4 Å². The summed E-state index contributed by atoms with van der Waals surface area (Å²) in [7, 11) is 0. The number of benzene rings is 1. The van der Waals surface area contributed by atoms with E-state index >= 15 is 0 Å². The second-order valence-corrected chi connectivity index (χ2v) is 7.01. The first-order chi connectivity index (χ1) is 11.7. The summed E-state index contributed by atoms with van der Waals surface area (Å²) >= 11 is 1.39. The molecule has 1 aliphatic rings. The molecule has 0 bridgehead atoms. The Balaban J connectivity index is 1.44. The molecule has 7 heteroatoms. The van der Waals surface area contributed by atoms with E-state index in [9.17, 15) is 4.79 Å². The van der Waals surface area contributed by atoms with Crippen molar-refractivity contribution in [3.63, 3.8) is 0 Å². The van der Waals surface area contributed by atoms with Gasteiger partial charge in [-0.05, 0) is 43.4 Å². The monoisotopic (exact) mass is 342 g/mol. The Morgan fingerprint density at radius 2 is 2.33 bits per heavy atom. The van der Waals surface area contributed by atoms with E-state index in [-0.39, 0.29) is 18.6 Å². The van der Waals surface area contributed by atoms with E-state index in [1.165, 1.54) is 16.9 Å². The van der Waals surface area contributed by atoms with Crippen molar-refractivity contribution in [3.8, 4) is 0 Å². The number of carbonyl (C=O) groups is 1. The summed E-state index contributed by atoms with van der Waals surface area (Å²) in [6.07, 6.45) is 3.98. The van der Waals surface area contributed by atoms with Gasteiger partial charge in [-0.1, -0.05) is 23.0 Å². The van der Waals surface area contributed by atoms with Gasteiger partial charge in [-0.3, -0.25) is 10.1 Å². The molecule has 124 valence electrons. The highest BCUT2D eigenvalue weighted by Crippen LogP contribution is 2.31. The second-order valence-electron chi connectivity index (χ2n) is 6.00. The van der Waals surface area contributed by atoms with Gasteiger partial charge < -0.3 is 9.30 Å². The number of hydrogen-bond acceptors (Lipinski definition) is 5.